The standard InChI is InChI=1S/C26H24ClN5O3/c1-14-10-18(15(2)28-20-8-9-21(27)29-23(20)25(34)35)22-19(11-14)24(33)31(3)26(30-22)32-12-16-6-4-5-7-17(16)13-32/h4-11,15,28H,12-13H2,1-3H3,(H,34,35)/t15-/m0/s1. The third-order valence-corrected chi connectivity index (χ3v) is 6.57. The van der Waals surface area contributed by atoms with E-state index in [0.29, 0.717) is 35.6 Å². The third kappa shape index (κ3) is 4.10. The van der Waals surface area contributed by atoms with Crippen LogP contribution in [-0.4, -0.2) is 25.6 Å². The second-order valence-corrected chi connectivity index (χ2v) is 9.24. The van der Waals surface area contributed by atoms with Crippen LogP contribution in [0.15, 0.2) is 53.3 Å². The number of benzene rings is 2. The average Bonchev–Trinajstić information content (AvgIpc) is 3.26. The van der Waals surface area contributed by atoms with Gasteiger partial charge in [-0.25, -0.2) is 14.8 Å². The lowest BCUT2D eigenvalue weighted by Crippen LogP contribution is -2.28. The van der Waals surface area contributed by atoms with Crippen LogP contribution >= 0.6 is 11.6 Å². The van der Waals surface area contributed by atoms with Crippen LogP contribution in [0.4, 0.5) is 11.6 Å². The van der Waals surface area contributed by atoms with E-state index in [-0.39, 0.29) is 22.4 Å². The first-order valence-corrected chi connectivity index (χ1v) is 11.6. The van der Waals surface area contributed by atoms with Crippen LogP contribution in [0, 0.1) is 6.92 Å². The Kier molecular flexibility index (Phi) is 5.68. The summed E-state index contributed by atoms with van der Waals surface area (Å²) in [6, 6.07) is 14.8. The molecule has 8 nitrogen and oxygen atoms in total. The number of hydrogen-bond acceptors (Lipinski definition) is 6. The molecule has 0 amide bonds. The second-order valence-electron chi connectivity index (χ2n) is 8.85. The van der Waals surface area contributed by atoms with Crippen molar-refractivity contribution in [3.8, 4) is 0 Å². The van der Waals surface area contributed by atoms with Crippen molar-refractivity contribution in [3.63, 3.8) is 0 Å². The van der Waals surface area contributed by atoms with E-state index in [0.717, 1.165) is 11.1 Å². The maximum absolute atomic E-state index is 13.4. The van der Waals surface area contributed by atoms with Crippen molar-refractivity contribution in [2.45, 2.75) is 33.0 Å². The number of pyridine rings is 1. The SMILES string of the molecule is Cc1cc([C@H](C)Nc2ccc(Cl)nc2C(=O)O)c2nc(N3Cc4ccccc4C3)n(C)c(=O)c2c1. The monoisotopic (exact) mass is 489 g/mol. The lowest BCUT2D eigenvalue weighted by atomic mass is 10.0. The van der Waals surface area contributed by atoms with Crippen molar-refractivity contribution in [3.05, 3.63) is 92.0 Å². The molecule has 2 N–H and O–H groups in total. The Morgan fingerprint density at radius 1 is 1.11 bits per heavy atom. The molecule has 2 aromatic carbocycles. The zero-order valence-electron chi connectivity index (χ0n) is 19.5. The number of aryl methyl sites for hydroxylation is 1. The lowest BCUT2D eigenvalue weighted by molar-refractivity contribution is 0.0691. The van der Waals surface area contributed by atoms with E-state index in [4.69, 9.17) is 16.6 Å². The minimum atomic E-state index is -1.18. The van der Waals surface area contributed by atoms with Gasteiger partial charge in [0, 0.05) is 25.7 Å². The fourth-order valence-electron chi connectivity index (χ4n) is 4.65. The molecule has 1 atom stereocenters. The van der Waals surface area contributed by atoms with Gasteiger partial charge in [0.1, 0.15) is 5.15 Å². The topological polar surface area (TPSA) is 100 Å². The number of anilines is 2. The summed E-state index contributed by atoms with van der Waals surface area (Å²) in [6.45, 7) is 5.18. The molecule has 0 fully saturated rings. The highest BCUT2D eigenvalue weighted by Crippen LogP contribution is 2.31. The molecule has 178 valence electrons. The van der Waals surface area contributed by atoms with Gasteiger partial charge >= 0.3 is 5.97 Å². The zero-order valence-corrected chi connectivity index (χ0v) is 20.3. The van der Waals surface area contributed by atoms with E-state index in [1.54, 1.807) is 17.7 Å². The van der Waals surface area contributed by atoms with Gasteiger partial charge in [0.15, 0.2) is 5.69 Å². The normalized spacial score (nSPS) is 13.7. The quantitative estimate of drug-likeness (QED) is 0.392. The number of aromatic nitrogens is 3. The fourth-order valence-corrected chi connectivity index (χ4v) is 4.80. The predicted molar refractivity (Wildman–Crippen MR) is 136 cm³/mol. The van der Waals surface area contributed by atoms with Crippen LogP contribution in [0.3, 0.4) is 0 Å². The Bertz CT molecular complexity index is 1520. The number of nitrogens with one attached hydrogen (secondary N) is 1. The summed E-state index contributed by atoms with van der Waals surface area (Å²) in [5.74, 6) is -0.588. The smallest absolute Gasteiger partial charge is 0.356 e. The van der Waals surface area contributed by atoms with Gasteiger partial charge in [0.25, 0.3) is 5.56 Å². The van der Waals surface area contributed by atoms with Gasteiger partial charge in [0.05, 0.1) is 22.6 Å². The molecular formula is C26H24ClN5O3. The van der Waals surface area contributed by atoms with Gasteiger partial charge in [-0.3, -0.25) is 9.36 Å². The van der Waals surface area contributed by atoms with E-state index in [1.807, 2.05) is 38.1 Å². The maximum atomic E-state index is 13.4. The minimum Gasteiger partial charge on any atom is -0.476 e. The van der Waals surface area contributed by atoms with Gasteiger partial charge in [0.2, 0.25) is 5.95 Å². The minimum absolute atomic E-state index is 0.100. The number of rotatable bonds is 5. The summed E-state index contributed by atoms with van der Waals surface area (Å²) in [6.07, 6.45) is 0. The van der Waals surface area contributed by atoms with E-state index < -0.39 is 5.97 Å². The highest BCUT2D eigenvalue weighted by Gasteiger charge is 2.25. The third-order valence-electron chi connectivity index (χ3n) is 6.36. The summed E-state index contributed by atoms with van der Waals surface area (Å²) >= 11 is 5.90. The Labute approximate surface area is 206 Å². The summed E-state index contributed by atoms with van der Waals surface area (Å²) in [7, 11) is 1.75. The Hall–Kier alpha value is -3.91. The van der Waals surface area contributed by atoms with Crippen molar-refractivity contribution < 1.29 is 9.90 Å². The molecule has 0 bridgehead atoms. The average molecular weight is 490 g/mol. The van der Waals surface area contributed by atoms with Crippen molar-refractivity contribution >= 4 is 40.1 Å². The number of hydrogen-bond donors (Lipinski definition) is 2. The van der Waals surface area contributed by atoms with Gasteiger partial charge in [-0.15, -0.1) is 0 Å². The van der Waals surface area contributed by atoms with Gasteiger partial charge in [-0.1, -0.05) is 41.9 Å². The van der Waals surface area contributed by atoms with E-state index in [1.165, 1.54) is 17.2 Å². The van der Waals surface area contributed by atoms with Gasteiger partial charge < -0.3 is 15.3 Å². The van der Waals surface area contributed by atoms with Crippen molar-refractivity contribution in [1.29, 1.82) is 0 Å². The summed E-state index contributed by atoms with van der Waals surface area (Å²) in [5.41, 5.74) is 4.77. The Morgan fingerprint density at radius 3 is 2.46 bits per heavy atom. The number of carboxylic acids is 1. The number of halogens is 1. The van der Waals surface area contributed by atoms with Crippen LogP contribution in [0.2, 0.25) is 5.15 Å². The van der Waals surface area contributed by atoms with Crippen LogP contribution in [0.5, 0.6) is 0 Å². The van der Waals surface area contributed by atoms with Crippen molar-refractivity contribution in [2.75, 3.05) is 10.2 Å². The molecule has 0 spiro atoms. The Morgan fingerprint density at radius 2 is 1.80 bits per heavy atom. The largest absolute Gasteiger partial charge is 0.476 e. The Balaban J connectivity index is 1.60. The maximum Gasteiger partial charge on any atom is 0.356 e. The van der Waals surface area contributed by atoms with Gasteiger partial charge in [-0.2, -0.15) is 0 Å². The number of fused-ring (bicyclic) bond motifs is 2. The molecular weight excluding hydrogens is 466 g/mol. The molecule has 4 aromatic rings. The first-order chi connectivity index (χ1) is 16.7. The van der Waals surface area contributed by atoms with Crippen LogP contribution in [0.25, 0.3) is 10.9 Å². The lowest BCUT2D eigenvalue weighted by Gasteiger charge is -2.23. The summed E-state index contributed by atoms with van der Waals surface area (Å²) in [5, 5.41) is 13.4. The summed E-state index contributed by atoms with van der Waals surface area (Å²) in [4.78, 5) is 36.1. The van der Waals surface area contributed by atoms with Crippen LogP contribution in [-0.2, 0) is 20.1 Å². The van der Waals surface area contributed by atoms with E-state index >= 15 is 0 Å². The van der Waals surface area contributed by atoms with Crippen molar-refractivity contribution in [1.82, 2.24) is 14.5 Å². The molecule has 35 heavy (non-hydrogen) atoms. The number of carbonyl (C=O) groups is 1. The first-order valence-electron chi connectivity index (χ1n) is 11.2. The van der Waals surface area contributed by atoms with E-state index in [9.17, 15) is 14.7 Å². The zero-order chi connectivity index (χ0) is 24.9. The second kappa shape index (κ2) is 8.70. The number of nitrogens with zero attached hydrogens (tertiary/aromatic N) is 4. The van der Waals surface area contributed by atoms with Crippen LogP contribution < -0.4 is 15.8 Å². The molecule has 3 heterocycles. The predicted octanol–water partition coefficient (Wildman–Crippen LogP) is 4.68. The molecule has 0 saturated carbocycles. The molecule has 9 heteroatoms. The highest BCUT2D eigenvalue weighted by molar-refractivity contribution is 6.29. The molecule has 0 saturated heterocycles. The molecule has 1 aliphatic heterocycles. The van der Waals surface area contributed by atoms with E-state index in [2.05, 4.69) is 27.3 Å². The van der Waals surface area contributed by atoms with Gasteiger partial charge in [-0.05, 0) is 48.7 Å². The molecule has 1 aliphatic rings. The van der Waals surface area contributed by atoms with Crippen molar-refractivity contribution in [2.24, 2.45) is 7.05 Å². The number of aromatic carboxylic acids is 1. The fraction of sp³-hybridized carbons (Fsp3) is 0.231. The molecule has 0 radical (unpaired) electrons. The number of carboxylic acid groups (broad SMARTS) is 1. The highest BCUT2D eigenvalue weighted by atomic mass is 35.5. The first kappa shape index (κ1) is 22.9. The molecule has 0 unspecified atom stereocenters. The molecule has 0 aliphatic carbocycles. The van der Waals surface area contributed by atoms with Crippen LogP contribution in [0.1, 0.15) is 45.7 Å². The molecule has 5 rings (SSSR count). The molecule has 2 aromatic heterocycles. The summed E-state index contributed by atoms with van der Waals surface area (Å²) < 4.78 is 1.60.